The first-order chi connectivity index (χ1) is 12.1. The molecule has 2 aromatic rings. The van der Waals surface area contributed by atoms with Crippen molar-refractivity contribution in [3.05, 3.63) is 29.5 Å². The van der Waals surface area contributed by atoms with E-state index >= 15 is 0 Å². The van der Waals surface area contributed by atoms with Gasteiger partial charge >= 0.3 is 0 Å². The third-order valence-corrected chi connectivity index (χ3v) is 5.13. The number of piperidine rings is 1. The summed E-state index contributed by atoms with van der Waals surface area (Å²) >= 11 is 0. The molecular formula is C19H25N5O. The van der Waals surface area contributed by atoms with Crippen LogP contribution in [0, 0.1) is 13.8 Å². The highest BCUT2D eigenvalue weighted by molar-refractivity contribution is 5.70. The monoisotopic (exact) mass is 339 g/mol. The lowest BCUT2D eigenvalue weighted by Crippen LogP contribution is -2.43. The summed E-state index contributed by atoms with van der Waals surface area (Å²) in [5, 5.41) is 22.2. The molecule has 1 aromatic carbocycles. The number of rotatable bonds is 4. The number of nitrogens with one attached hydrogen (secondary N) is 1. The molecule has 2 aliphatic rings. The number of nitrogens with zero attached hydrogens (tertiary/aromatic N) is 4. The number of aryl methyl sites for hydroxylation is 2. The van der Waals surface area contributed by atoms with Gasteiger partial charge in [0.05, 0.1) is 6.20 Å². The summed E-state index contributed by atoms with van der Waals surface area (Å²) in [6.45, 7) is 6.20. The number of likely N-dealkylation sites (tertiary alicyclic amines) is 1. The lowest BCUT2D eigenvalue weighted by molar-refractivity contribution is 0.207. The number of aromatic hydroxyl groups is 1. The van der Waals surface area contributed by atoms with Crippen molar-refractivity contribution < 1.29 is 5.11 Å². The Morgan fingerprint density at radius 3 is 2.68 bits per heavy atom. The van der Waals surface area contributed by atoms with E-state index < -0.39 is 0 Å². The highest BCUT2D eigenvalue weighted by Gasteiger charge is 2.32. The van der Waals surface area contributed by atoms with Gasteiger partial charge in [0.15, 0.2) is 0 Å². The lowest BCUT2D eigenvalue weighted by atomic mass is 10.0. The van der Waals surface area contributed by atoms with Gasteiger partial charge in [0.2, 0.25) is 5.95 Å². The Balaban J connectivity index is 1.47. The molecule has 2 heterocycles. The van der Waals surface area contributed by atoms with Crippen LogP contribution in [0.5, 0.6) is 5.75 Å². The van der Waals surface area contributed by atoms with E-state index in [0.29, 0.717) is 23.2 Å². The molecule has 2 N–H and O–H groups in total. The normalized spacial score (nSPS) is 21.3. The van der Waals surface area contributed by atoms with Crippen molar-refractivity contribution in [2.45, 2.75) is 51.6 Å². The molecule has 6 heteroatoms. The van der Waals surface area contributed by atoms with Gasteiger partial charge in [0.1, 0.15) is 11.4 Å². The first-order valence-corrected chi connectivity index (χ1v) is 9.11. The Kier molecular flexibility index (Phi) is 4.29. The fraction of sp³-hybridized carbons (Fsp3) is 0.526. The van der Waals surface area contributed by atoms with Gasteiger partial charge in [-0.25, -0.2) is 4.98 Å². The van der Waals surface area contributed by atoms with E-state index in [4.69, 9.17) is 0 Å². The molecule has 6 nitrogen and oxygen atoms in total. The summed E-state index contributed by atoms with van der Waals surface area (Å²) in [5.74, 6) is 0.789. The number of anilines is 1. The van der Waals surface area contributed by atoms with E-state index in [1.165, 1.54) is 25.8 Å². The smallest absolute Gasteiger partial charge is 0.242 e. The minimum atomic E-state index is 0.224. The van der Waals surface area contributed by atoms with Crippen molar-refractivity contribution in [1.82, 2.24) is 20.1 Å². The molecule has 2 fully saturated rings. The van der Waals surface area contributed by atoms with E-state index in [0.717, 1.165) is 30.1 Å². The predicted octanol–water partition coefficient (Wildman–Crippen LogP) is 2.90. The molecule has 1 aliphatic carbocycles. The zero-order valence-electron chi connectivity index (χ0n) is 14.9. The highest BCUT2D eigenvalue weighted by Crippen LogP contribution is 2.32. The summed E-state index contributed by atoms with van der Waals surface area (Å²) in [4.78, 5) is 7.01. The molecule has 0 radical (unpaired) electrons. The molecule has 4 rings (SSSR count). The predicted molar refractivity (Wildman–Crippen MR) is 97.6 cm³/mol. The van der Waals surface area contributed by atoms with Crippen LogP contribution < -0.4 is 5.32 Å². The van der Waals surface area contributed by atoms with E-state index in [-0.39, 0.29) is 5.75 Å². The van der Waals surface area contributed by atoms with Crippen molar-refractivity contribution in [1.29, 1.82) is 0 Å². The zero-order chi connectivity index (χ0) is 17.4. The summed E-state index contributed by atoms with van der Waals surface area (Å²) < 4.78 is 0. The Morgan fingerprint density at radius 1 is 1.16 bits per heavy atom. The fourth-order valence-electron chi connectivity index (χ4n) is 3.81. The van der Waals surface area contributed by atoms with Gasteiger partial charge in [0.25, 0.3) is 0 Å². The number of phenolic OH excluding ortho intramolecular Hbond substituents is 1. The molecule has 0 spiro atoms. The number of hydrogen-bond acceptors (Lipinski definition) is 6. The number of phenols is 1. The third-order valence-electron chi connectivity index (χ3n) is 5.13. The Hall–Kier alpha value is -2.21. The van der Waals surface area contributed by atoms with Gasteiger partial charge in [-0.1, -0.05) is 6.07 Å². The standard InChI is InChI=1S/C19H25N5O/c1-12-8-13(2)18(17(25)9-12)16-10-20-19(23-22-16)21-14-4-3-7-24(11-14)15-5-6-15/h8-10,14-15,25H,3-7,11H2,1-2H3,(H,20,21,23)/t14-/m1/s1. The second kappa shape index (κ2) is 6.59. The summed E-state index contributed by atoms with van der Waals surface area (Å²) in [7, 11) is 0. The van der Waals surface area contributed by atoms with E-state index in [2.05, 4.69) is 25.4 Å². The van der Waals surface area contributed by atoms with Gasteiger partial charge < -0.3 is 10.4 Å². The maximum absolute atomic E-state index is 10.2. The molecule has 1 aromatic heterocycles. The van der Waals surface area contributed by atoms with Crippen molar-refractivity contribution in [2.24, 2.45) is 0 Å². The molecule has 1 aliphatic heterocycles. The average molecular weight is 339 g/mol. The van der Waals surface area contributed by atoms with Gasteiger partial charge in [-0.05, 0) is 63.3 Å². The quantitative estimate of drug-likeness (QED) is 0.892. The van der Waals surface area contributed by atoms with Gasteiger partial charge in [0, 0.05) is 24.2 Å². The van der Waals surface area contributed by atoms with Crippen LogP contribution in [0.3, 0.4) is 0 Å². The highest BCUT2D eigenvalue weighted by atomic mass is 16.3. The van der Waals surface area contributed by atoms with Crippen molar-refractivity contribution in [3.8, 4) is 17.0 Å². The maximum atomic E-state index is 10.2. The van der Waals surface area contributed by atoms with Gasteiger partial charge in [-0.15, -0.1) is 10.2 Å². The van der Waals surface area contributed by atoms with Gasteiger partial charge in [-0.2, -0.15) is 0 Å². The lowest BCUT2D eigenvalue weighted by Gasteiger charge is -2.33. The fourth-order valence-corrected chi connectivity index (χ4v) is 3.81. The third kappa shape index (κ3) is 3.58. The molecular weight excluding hydrogens is 314 g/mol. The molecule has 1 saturated heterocycles. The Labute approximate surface area is 148 Å². The molecule has 0 unspecified atom stereocenters. The van der Waals surface area contributed by atoms with Crippen LogP contribution in [-0.4, -0.2) is 50.4 Å². The number of benzene rings is 1. The van der Waals surface area contributed by atoms with E-state index in [1.54, 1.807) is 12.3 Å². The topological polar surface area (TPSA) is 74.2 Å². The van der Waals surface area contributed by atoms with Crippen LogP contribution in [0.1, 0.15) is 36.8 Å². The number of aromatic nitrogens is 3. The largest absolute Gasteiger partial charge is 0.507 e. The first-order valence-electron chi connectivity index (χ1n) is 9.11. The average Bonchev–Trinajstić information content (AvgIpc) is 3.41. The molecule has 0 bridgehead atoms. The van der Waals surface area contributed by atoms with Crippen molar-refractivity contribution in [2.75, 3.05) is 18.4 Å². The van der Waals surface area contributed by atoms with Crippen LogP contribution in [0.2, 0.25) is 0 Å². The first kappa shape index (κ1) is 16.3. The van der Waals surface area contributed by atoms with Crippen LogP contribution in [0.4, 0.5) is 5.95 Å². The van der Waals surface area contributed by atoms with E-state index in [9.17, 15) is 5.11 Å². The Morgan fingerprint density at radius 2 is 2.00 bits per heavy atom. The van der Waals surface area contributed by atoms with Crippen molar-refractivity contribution in [3.63, 3.8) is 0 Å². The molecule has 0 amide bonds. The second-order valence-electron chi connectivity index (χ2n) is 7.35. The second-order valence-corrected chi connectivity index (χ2v) is 7.35. The maximum Gasteiger partial charge on any atom is 0.242 e. The van der Waals surface area contributed by atoms with Crippen LogP contribution in [0.15, 0.2) is 18.3 Å². The molecule has 1 atom stereocenters. The summed E-state index contributed by atoms with van der Waals surface area (Å²) in [6.07, 6.45) is 6.74. The Bertz CT molecular complexity index is 734. The number of hydrogen-bond donors (Lipinski definition) is 2. The zero-order valence-corrected chi connectivity index (χ0v) is 14.9. The van der Waals surface area contributed by atoms with Crippen LogP contribution in [-0.2, 0) is 0 Å². The minimum Gasteiger partial charge on any atom is -0.507 e. The molecule has 132 valence electrons. The van der Waals surface area contributed by atoms with Crippen LogP contribution in [0.25, 0.3) is 11.3 Å². The van der Waals surface area contributed by atoms with Crippen molar-refractivity contribution >= 4 is 5.95 Å². The van der Waals surface area contributed by atoms with E-state index in [1.807, 2.05) is 19.9 Å². The SMILES string of the molecule is Cc1cc(C)c(-c2cnc(N[C@@H]3CCCN(C4CC4)C3)nn2)c(O)c1. The summed E-state index contributed by atoms with van der Waals surface area (Å²) in [6, 6.07) is 4.96. The minimum absolute atomic E-state index is 0.224. The molecule has 25 heavy (non-hydrogen) atoms. The summed E-state index contributed by atoms with van der Waals surface area (Å²) in [5.41, 5.74) is 3.30. The van der Waals surface area contributed by atoms with Gasteiger partial charge in [-0.3, -0.25) is 4.90 Å². The molecule has 1 saturated carbocycles. The van der Waals surface area contributed by atoms with Crippen LogP contribution >= 0.6 is 0 Å².